The van der Waals surface area contributed by atoms with E-state index >= 15 is 0 Å². The second kappa shape index (κ2) is 6.34. The first-order valence-corrected chi connectivity index (χ1v) is 7.69. The molecule has 1 N–H and O–H groups in total. The molecule has 0 radical (unpaired) electrons. The maximum Gasteiger partial charge on any atom is 0.416 e. The van der Waals surface area contributed by atoms with Crippen LogP contribution in [-0.2, 0) is 12.6 Å². The minimum atomic E-state index is -4.56. The molecule has 0 spiro atoms. The number of aliphatic hydroxyl groups is 1. The third-order valence-electron chi connectivity index (χ3n) is 3.24. The summed E-state index contributed by atoms with van der Waals surface area (Å²) in [7, 11) is 0. The van der Waals surface area contributed by atoms with Gasteiger partial charge in [-0.05, 0) is 36.8 Å². The molecule has 3 nitrogen and oxygen atoms in total. The largest absolute Gasteiger partial charge is 0.449 e. The number of rotatable bonds is 4. The lowest BCUT2D eigenvalue weighted by molar-refractivity contribution is -0.137. The zero-order chi connectivity index (χ0) is 16.5. The maximum atomic E-state index is 13.0. The van der Waals surface area contributed by atoms with Crippen LogP contribution < -0.4 is 5.43 Å². The van der Waals surface area contributed by atoms with E-state index in [1.54, 1.807) is 0 Å². The second-order valence-electron chi connectivity index (χ2n) is 4.76. The number of hydrogen-bond donors (Lipinski definition) is 1. The Kier molecular flexibility index (Phi) is 4.87. The van der Waals surface area contributed by atoms with Crippen LogP contribution in [0, 0.1) is 6.92 Å². The molecule has 1 heterocycles. The molecule has 2 aromatic rings. The van der Waals surface area contributed by atoms with Crippen LogP contribution in [0.25, 0.3) is 11.0 Å². The molecule has 120 valence electrons. The van der Waals surface area contributed by atoms with Crippen molar-refractivity contribution in [1.82, 2.24) is 0 Å². The van der Waals surface area contributed by atoms with Gasteiger partial charge in [0.25, 0.3) is 0 Å². The van der Waals surface area contributed by atoms with Crippen molar-refractivity contribution in [3.8, 4) is 0 Å². The molecular weight excluding hydrogens is 317 g/mol. The van der Waals surface area contributed by atoms with Crippen molar-refractivity contribution >= 4 is 22.7 Å². The van der Waals surface area contributed by atoms with Crippen LogP contribution in [0.2, 0.25) is 0 Å². The Morgan fingerprint density at radius 3 is 2.55 bits per heavy atom. The number of alkyl halides is 3. The predicted molar refractivity (Wildman–Crippen MR) is 79.4 cm³/mol. The van der Waals surface area contributed by atoms with Gasteiger partial charge in [-0.15, -0.1) is 0 Å². The van der Waals surface area contributed by atoms with Crippen LogP contribution in [0.15, 0.2) is 26.4 Å². The zero-order valence-electron chi connectivity index (χ0n) is 12.1. The van der Waals surface area contributed by atoms with Crippen molar-refractivity contribution in [2.24, 2.45) is 0 Å². The highest BCUT2D eigenvalue weighted by atomic mass is 32.2. The Morgan fingerprint density at radius 2 is 2.00 bits per heavy atom. The molecular formula is C15H15F3O3S. The van der Waals surface area contributed by atoms with Gasteiger partial charge in [0.2, 0.25) is 0 Å². The van der Waals surface area contributed by atoms with Crippen LogP contribution in [0.1, 0.15) is 23.6 Å². The molecule has 0 fully saturated rings. The number of benzene rings is 1. The minimum absolute atomic E-state index is 0.0113. The van der Waals surface area contributed by atoms with E-state index in [1.165, 1.54) is 18.7 Å². The predicted octanol–water partition coefficient (Wildman–Crippen LogP) is 3.77. The molecule has 0 unspecified atom stereocenters. The molecule has 7 heteroatoms. The van der Waals surface area contributed by atoms with Crippen LogP contribution in [0.4, 0.5) is 13.2 Å². The number of thioether (sulfide) groups is 1. The van der Waals surface area contributed by atoms with E-state index in [-0.39, 0.29) is 29.6 Å². The summed E-state index contributed by atoms with van der Waals surface area (Å²) < 4.78 is 44.6. The highest BCUT2D eigenvalue weighted by Gasteiger charge is 2.32. The number of fused-ring (bicyclic) bond motifs is 1. The summed E-state index contributed by atoms with van der Waals surface area (Å²) in [6.45, 7) is 3.09. The van der Waals surface area contributed by atoms with Gasteiger partial charge in [0.1, 0.15) is 5.58 Å². The summed E-state index contributed by atoms with van der Waals surface area (Å²) in [5.41, 5.74) is -0.780. The summed E-state index contributed by atoms with van der Waals surface area (Å²) in [5, 5.41) is 9.36. The average Bonchev–Trinajstić information content (AvgIpc) is 2.44. The van der Waals surface area contributed by atoms with Gasteiger partial charge in [0, 0.05) is 12.2 Å². The molecule has 0 saturated heterocycles. The lowest BCUT2D eigenvalue weighted by Crippen LogP contribution is -2.12. The van der Waals surface area contributed by atoms with E-state index in [9.17, 15) is 18.0 Å². The minimum Gasteiger partial charge on any atom is -0.449 e. The summed E-state index contributed by atoms with van der Waals surface area (Å²) >= 11 is 1.32. The Balaban J connectivity index is 2.84. The normalized spacial score (nSPS) is 12.1. The van der Waals surface area contributed by atoms with Crippen molar-refractivity contribution in [3.05, 3.63) is 39.0 Å². The molecule has 1 aromatic carbocycles. The molecule has 0 bridgehead atoms. The van der Waals surface area contributed by atoms with Crippen molar-refractivity contribution in [2.45, 2.75) is 31.5 Å². The van der Waals surface area contributed by atoms with Gasteiger partial charge in [0.15, 0.2) is 10.5 Å². The molecule has 22 heavy (non-hydrogen) atoms. The Bertz CT molecular complexity index is 750. The zero-order valence-corrected chi connectivity index (χ0v) is 12.9. The van der Waals surface area contributed by atoms with E-state index in [1.807, 2.05) is 6.92 Å². The first-order chi connectivity index (χ1) is 10.3. The molecule has 0 amide bonds. The fraction of sp³-hybridized carbons (Fsp3) is 0.400. The average molecular weight is 332 g/mol. The Morgan fingerprint density at radius 1 is 1.32 bits per heavy atom. The van der Waals surface area contributed by atoms with Crippen LogP contribution >= 0.6 is 11.8 Å². The number of halogens is 3. The van der Waals surface area contributed by atoms with Crippen LogP contribution in [-0.4, -0.2) is 17.5 Å². The third-order valence-corrected chi connectivity index (χ3v) is 4.18. The van der Waals surface area contributed by atoms with Crippen molar-refractivity contribution in [3.63, 3.8) is 0 Å². The van der Waals surface area contributed by atoms with Gasteiger partial charge < -0.3 is 9.52 Å². The molecule has 0 aliphatic heterocycles. The Labute approximate surface area is 129 Å². The van der Waals surface area contributed by atoms with Gasteiger partial charge in [0.05, 0.1) is 10.9 Å². The Hall–Kier alpha value is -1.47. The van der Waals surface area contributed by atoms with Gasteiger partial charge in [-0.3, -0.25) is 4.79 Å². The first kappa shape index (κ1) is 16.9. The summed E-state index contributed by atoms with van der Waals surface area (Å²) in [5.74, 6) is 0.672. The van der Waals surface area contributed by atoms with E-state index in [4.69, 9.17) is 9.52 Å². The van der Waals surface area contributed by atoms with Crippen LogP contribution in [0.3, 0.4) is 0 Å². The fourth-order valence-electron chi connectivity index (χ4n) is 2.18. The molecule has 1 aromatic heterocycles. The van der Waals surface area contributed by atoms with Gasteiger partial charge >= 0.3 is 6.18 Å². The number of aliphatic hydroxyl groups excluding tert-OH is 1. The maximum absolute atomic E-state index is 13.0. The van der Waals surface area contributed by atoms with E-state index in [0.717, 1.165) is 12.1 Å². The third kappa shape index (κ3) is 3.15. The monoisotopic (exact) mass is 332 g/mol. The van der Waals surface area contributed by atoms with Gasteiger partial charge in [-0.1, -0.05) is 18.7 Å². The quantitative estimate of drug-likeness (QED) is 0.866. The lowest BCUT2D eigenvalue weighted by atomic mass is 10.0. The lowest BCUT2D eigenvalue weighted by Gasteiger charge is -2.13. The molecule has 0 aliphatic carbocycles. The fourth-order valence-corrected chi connectivity index (χ4v) is 2.89. The molecule has 2 rings (SSSR count). The van der Waals surface area contributed by atoms with Crippen molar-refractivity contribution < 1.29 is 22.7 Å². The standard InChI is InChI=1S/C15H15F3O3S/c1-3-22-14-8(2)12(20)11-7-10(15(16,17)18)6-9(4-5-19)13(11)21-14/h6-7,19H,3-5H2,1-2H3. The summed E-state index contributed by atoms with van der Waals surface area (Å²) in [6.07, 6.45) is -4.57. The summed E-state index contributed by atoms with van der Waals surface area (Å²) in [4.78, 5) is 12.4. The highest BCUT2D eigenvalue weighted by Crippen LogP contribution is 2.34. The van der Waals surface area contributed by atoms with E-state index in [0.29, 0.717) is 16.4 Å². The topological polar surface area (TPSA) is 50.4 Å². The van der Waals surface area contributed by atoms with E-state index < -0.39 is 17.2 Å². The highest BCUT2D eigenvalue weighted by molar-refractivity contribution is 7.99. The molecule has 0 aliphatic rings. The van der Waals surface area contributed by atoms with Gasteiger partial charge in [-0.25, -0.2) is 0 Å². The summed E-state index contributed by atoms with van der Waals surface area (Å²) in [6, 6.07) is 1.74. The SMILES string of the molecule is CCSc1oc2c(CCO)cc(C(F)(F)F)cc2c(=O)c1C. The van der Waals surface area contributed by atoms with E-state index in [2.05, 4.69) is 0 Å². The van der Waals surface area contributed by atoms with Crippen LogP contribution in [0.5, 0.6) is 0 Å². The van der Waals surface area contributed by atoms with Gasteiger partial charge in [-0.2, -0.15) is 13.2 Å². The van der Waals surface area contributed by atoms with Crippen molar-refractivity contribution in [1.29, 1.82) is 0 Å². The first-order valence-electron chi connectivity index (χ1n) is 6.70. The second-order valence-corrected chi connectivity index (χ2v) is 6.00. The molecule has 0 atom stereocenters. The van der Waals surface area contributed by atoms with Crippen molar-refractivity contribution in [2.75, 3.05) is 12.4 Å². The smallest absolute Gasteiger partial charge is 0.416 e. The number of hydrogen-bond acceptors (Lipinski definition) is 4. The molecule has 0 saturated carbocycles.